The Kier molecular flexibility index (Phi) is 5.60. The van der Waals surface area contributed by atoms with Gasteiger partial charge in [-0.15, -0.1) is 0 Å². The molecule has 0 unspecified atom stereocenters. The molecule has 2 N–H and O–H groups in total. The van der Waals surface area contributed by atoms with Crippen LogP contribution in [0.4, 0.5) is 10.1 Å². The summed E-state index contributed by atoms with van der Waals surface area (Å²) in [6.07, 6.45) is 4.54. The molecule has 2 amide bonds. The van der Waals surface area contributed by atoms with Gasteiger partial charge in [-0.05, 0) is 59.7 Å². The Labute approximate surface area is 181 Å². The number of anilines is 1. The molecule has 0 fully saturated rings. The van der Waals surface area contributed by atoms with Gasteiger partial charge in [0, 0.05) is 30.1 Å². The maximum absolute atomic E-state index is 13.7. The lowest BCUT2D eigenvalue weighted by Gasteiger charge is -2.19. The lowest BCUT2D eigenvalue weighted by molar-refractivity contribution is -0.112. The van der Waals surface area contributed by atoms with Gasteiger partial charge in [0.2, 0.25) is 5.78 Å². The summed E-state index contributed by atoms with van der Waals surface area (Å²) in [6.45, 7) is 0.302. The molecule has 6 nitrogen and oxygen atoms in total. The molecule has 0 aliphatic carbocycles. The molecule has 2 heterocycles. The number of nitrogens with one attached hydrogen (secondary N) is 2. The smallest absolute Gasteiger partial charge is 0.259 e. The van der Waals surface area contributed by atoms with Crippen LogP contribution in [0, 0.1) is 5.82 Å². The fourth-order valence-electron chi connectivity index (χ4n) is 3.11. The number of fused-ring (bicyclic) bond motifs is 1. The van der Waals surface area contributed by atoms with E-state index in [0.29, 0.717) is 17.8 Å². The van der Waals surface area contributed by atoms with Crippen molar-refractivity contribution in [3.05, 3.63) is 99.6 Å². The summed E-state index contributed by atoms with van der Waals surface area (Å²) >= 11 is 5.68. The first-order valence-electron chi connectivity index (χ1n) is 9.26. The van der Waals surface area contributed by atoms with Crippen molar-refractivity contribution in [1.82, 2.24) is 10.3 Å². The van der Waals surface area contributed by atoms with Crippen LogP contribution in [0.2, 0.25) is 5.02 Å². The SMILES string of the molecule is O=C1Nc2ccc(C(=O)NCc3ccncc3)cc2C(=O)/C1=C/c1ccc(Cl)c(F)c1. The zero-order valence-corrected chi connectivity index (χ0v) is 16.7. The quantitative estimate of drug-likeness (QED) is 0.478. The molecule has 1 aliphatic rings. The predicted molar refractivity (Wildman–Crippen MR) is 114 cm³/mol. The van der Waals surface area contributed by atoms with Crippen molar-refractivity contribution in [2.24, 2.45) is 0 Å². The number of rotatable bonds is 4. The van der Waals surface area contributed by atoms with Gasteiger partial charge < -0.3 is 10.6 Å². The number of pyridine rings is 1. The van der Waals surface area contributed by atoms with Gasteiger partial charge in [-0.3, -0.25) is 19.4 Å². The molecule has 4 rings (SSSR count). The third-order valence-electron chi connectivity index (χ3n) is 4.72. The van der Waals surface area contributed by atoms with E-state index in [1.165, 1.54) is 36.4 Å². The Morgan fingerprint density at radius 3 is 2.61 bits per heavy atom. The molecule has 0 atom stereocenters. The van der Waals surface area contributed by atoms with Gasteiger partial charge in [0.15, 0.2) is 0 Å². The highest BCUT2D eigenvalue weighted by molar-refractivity contribution is 6.36. The highest BCUT2D eigenvalue weighted by Crippen LogP contribution is 2.28. The fourth-order valence-corrected chi connectivity index (χ4v) is 3.22. The lowest BCUT2D eigenvalue weighted by atomic mass is 9.93. The van der Waals surface area contributed by atoms with E-state index in [0.717, 1.165) is 11.6 Å². The molecule has 0 bridgehead atoms. The van der Waals surface area contributed by atoms with Crippen molar-refractivity contribution in [3.63, 3.8) is 0 Å². The molecule has 31 heavy (non-hydrogen) atoms. The van der Waals surface area contributed by atoms with E-state index in [4.69, 9.17) is 11.6 Å². The zero-order valence-electron chi connectivity index (χ0n) is 16.0. The molecule has 154 valence electrons. The first-order chi connectivity index (χ1) is 14.9. The minimum absolute atomic E-state index is 0.0608. The molecule has 8 heteroatoms. The standard InChI is InChI=1S/C23H15ClFN3O3/c24-18-3-1-14(10-19(18)25)9-17-21(29)16-11-15(2-4-20(16)28-23(17)31)22(30)27-12-13-5-7-26-8-6-13/h1-11H,12H2,(H,27,30)(H,28,31)/b17-9-. The number of carbonyl (C=O) groups is 3. The minimum atomic E-state index is -0.659. The van der Waals surface area contributed by atoms with Gasteiger partial charge in [-0.1, -0.05) is 17.7 Å². The highest BCUT2D eigenvalue weighted by atomic mass is 35.5. The summed E-state index contributed by atoms with van der Waals surface area (Å²) in [6, 6.07) is 12.0. The summed E-state index contributed by atoms with van der Waals surface area (Å²) in [7, 11) is 0. The van der Waals surface area contributed by atoms with Crippen molar-refractivity contribution in [1.29, 1.82) is 0 Å². The fraction of sp³-hybridized carbons (Fsp3) is 0.0435. The Hall–Kier alpha value is -3.84. The normalized spacial score (nSPS) is 14.2. The maximum atomic E-state index is 13.7. The van der Waals surface area contributed by atoms with Gasteiger partial charge >= 0.3 is 0 Å². The van der Waals surface area contributed by atoms with Crippen LogP contribution in [-0.4, -0.2) is 22.6 Å². The highest BCUT2D eigenvalue weighted by Gasteiger charge is 2.29. The number of carbonyl (C=O) groups excluding carboxylic acids is 3. The van der Waals surface area contributed by atoms with Gasteiger partial charge in [-0.25, -0.2) is 4.39 Å². The number of ketones is 1. The number of halogens is 2. The van der Waals surface area contributed by atoms with Gasteiger partial charge in [0.25, 0.3) is 11.8 Å². The number of aromatic nitrogens is 1. The molecule has 0 saturated heterocycles. The van der Waals surface area contributed by atoms with E-state index in [1.54, 1.807) is 24.5 Å². The van der Waals surface area contributed by atoms with E-state index in [-0.39, 0.29) is 27.6 Å². The monoisotopic (exact) mass is 435 g/mol. The summed E-state index contributed by atoms with van der Waals surface area (Å²) in [5.41, 5.74) is 1.79. The second-order valence-electron chi connectivity index (χ2n) is 6.81. The molecule has 3 aromatic rings. The van der Waals surface area contributed by atoms with Crippen LogP contribution >= 0.6 is 11.6 Å². The molecular weight excluding hydrogens is 421 g/mol. The molecule has 1 aromatic heterocycles. The van der Waals surface area contributed by atoms with Crippen LogP contribution in [0.5, 0.6) is 0 Å². The van der Waals surface area contributed by atoms with Crippen molar-refractivity contribution in [2.75, 3.05) is 5.32 Å². The largest absolute Gasteiger partial charge is 0.348 e. The molecule has 0 spiro atoms. The van der Waals surface area contributed by atoms with Gasteiger partial charge in [-0.2, -0.15) is 0 Å². The lowest BCUT2D eigenvalue weighted by Crippen LogP contribution is -2.28. The van der Waals surface area contributed by atoms with E-state index >= 15 is 0 Å². The number of benzene rings is 2. The van der Waals surface area contributed by atoms with Gasteiger partial charge in [0.1, 0.15) is 5.82 Å². The Balaban J connectivity index is 1.59. The molecule has 0 saturated carbocycles. The molecule has 2 aromatic carbocycles. The summed E-state index contributed by atoms with van der Waals surface area (Å²) in [5.74, 6) is -2.19. The third-order valence-corrected chi connectivity index (χ3v) is 5.03. The molecular formula is C23H15ClFN3O3. The zero-order chi connectivity index (χ0) is 22.0. The van der Waals surface area contributed by atoms with E-state index < -0.39 is 17.5 Å². The molecule has 1 aliphatic heterocycles. The molecule has 0 radical (unpaired) electrons. The summed E-state index contributed by atoms with van der Waals surface area (Å²) in [5, 5.41) is 5.34. The summed E-state index contributed by atoms with van der Waals surface area (Å²) < 4.78 is 13.7. The van der Waals surface area contributed by atoms with Crippen LogP contribution in [0.25, 0.3) is 6.08 Å². The number of Topliss-reactive ketones (excluding diaryl/α,β-unsaturated/α-hetero) is 1. The maximum Gasteiger partial charge on any atom is 0.259 e. The van der Waals surface area contributed by atoms with E-state index in [2.05, 4.69) is 15.6 Å². The summed E-state index contributed by atoms with van der Waals surface area (Å²) in [4.78, 5) is 41.8. The average Bonchev–Trinajstić information content (AvgIpc) is 2.78. The Morgan fingerprint density at radius 2 is 1.87 bits per heavy atom. The Bertz CT molecular complexity index is 1240. The predicted octanol–water partition coefficient (Wildman–Crippen LogP) is 4.02. The Morgan fingerprint density at radius 1 is 1.10 bits per heavy atom. The first-order valence-corrected chi connectivity index (χ1v) is 9.64. The first kappa shape index (κ1) is 20.4. The van der Waals surface area contributed by atoms with Crippen LogP contribution in [0.3, 0.4) is 0 Å². The second-order valence-corrected chi connectivity index (χ2v) is 7.22. The minimum Gasteiger partial charge on any atom is -0.348 e. The number of hydrogen-bond donors (Lipinski definition) is 2. The average molecular weight is 436 g/mol. The number of hydrogen-bond acceptors (Lipinski definition) is 4. The van der Waals surface area contributed by atoms with Crippen molar-refractivity contribution in [3.8, 4) is 0 Å². The topological polar surface area (TPSA) is 88.2 Å². The third kappa shape index (κ3) is 4.36. The van der Waals surface area contributed by atoms with Crippen LogP contribution in [-0.2, 0) is 11.3 Å². The van der Waals surface area contributed by atoms with Crippen LogP contribution in [0.15, 0.2) is 66.5 Å². The van der Waals surface area contributed by atoms with Crippen molar-refractivity contribution < 1.29 is 18.8 Å². The van der Waals surface area contributed by atoms with Crippen LogP contribution < -0.4 is 10.6 Å². The van der Waals surface area contributed by atoms with Crippen molar-refractivity contribution >= 4 is 41.0 Å². The van der Waals surface area contributed by atoms with Crippen LogP contribution in [0.1, 0.15) is 31.8 Å². The second kappa shape index (κ2) is 8.49. The van der Waals surface area contributed by atoms with Gasteiger partial charge in [0.05, 0.1) is 16.3 Å². The van der Waals surface area contributed by atoms with E-state index in [1.807, 2.05) is 0 Å². The number of amides is 2. The number of nitrogens with zero attached hydrogens (tertiary/aromatic N) is 1. The van der Waals surface area contributed by atoms with E-state index in [9.17, 15) is 18.8 Å². The van der Waals surface area contributed by atoms with Crippen molar-refractivity contribution in [2.45, 2.75) is 6.54 Å².